The van der Waals surface area contributed by atoms with Gasteiger partial charge < -0.3 is 0 Å². The summed E-state index contributed by atoms with van der Waals surface area (Å²) in [6.45, 7) is 4.31. The summed E-state index contributed by atoms with van der Waals surface area (Å²) >= 11 is 0. The van der Waals surface area contributed by atoms with Crippen molar-refractivity contribution in [2.75, 3.05) is 0 Å². The Bertz CT molecular complexity index is 729. The molecule has 0 bridgehead atoms. The van der Waals surface area contributed by atoms with Crippen molar-refractivity contribution in [3.05, 3.63) is 60.0 Å². The van der Waals surface area contributed by atoms with Gasteiger partial charge in [0.2, 0.25) is 0 Å². The summed E-state index contributed by atoms with van der Waals surface area (Å²) in [5.41, 5.74) is 7.06. The van der Waals surface area contributed by atoms with E-state index in [4.69, 9.17) is 0 Å². The Balaban J connectivity index is 2.17. The number of aromatic nitrogens is 3. The number of pyridine rings is 1. The number of nitrogens with one attached hydrogen (secondary N) is 1. The maximum absolute atomic E-state index is 4.50. The summed E-state index contributed by atoms with van der Waals surface area (Å²) in [6.07, 6.45) is 5.59. The van der Waals surface area contributed by atoms with E-state index in [-0.39, 0.29) is 0 Å². The molecule has 0 atom stereocenters. The van der Waals surface area contributed by atoms with Crippen molar-refractivity contribution in [2.24, 2.45) is 0 Å². The minimum Gasteiger partial charge on any atom is -0.277 e. The third-order valence-electron chi connectivity index (χ3n) is 3.77. The zero-order valence-corrected chi connectivity index (χ0v) is 12.4. The highest BCUT2D eigenvalue weighted by molar-refractivity contribution is 5.82. The van der Waals surface area contributed by atoms with Gasteiger partial charge in [-0.2, -0.15) is 5.10 Å². The van der Waals surface area contributed by atoms with Crippen LogP contribution in [-0.2, 0) is 12.8 Å². The zero-order chi connectivity index (χ0) is 14.7. The monoisotopic (exact) mass is 277 g/mol. The average molecular weight is 277 g/mol. The van der Waals surface area contributed by atoms with Crippen LogP contribution in [0.25, 0.3) is 22.4 Å². The quantitative estimate of drug-likeness (QED) is 0.774. The van der Waals surface area contributed by atoms with Crippen LogP contribution in [0.1, 0.15) is 25.1 Å². The van der Waals surface area contributed by atoms with Gasteiger partial charge in [0.05, 0.1) is 11.4 Å². The van der Waals surface area contributed by atoms with Gasteiger partial charge in [-0.15, -0.1) is 0 Å². The van der Waals surface area contributed by atoms with Crippen LogP contribution >= 0.6 is 0 Å². The van der Waals surface area contributed by atoms with Gasteiger partial charge in [-0.05, 0) is 42.2 Å². The van der Waals surface area contributed by atoms with E-state index in [9.17, 15) is 0 Å². The molecule has 3 heteroatoms. The van der Waals surface area contributed by atoms with Crippen molar-refractivity contribution >= 4 is 0 Å². The summed E-state index contributed by atoms with van der Waals surface area (Å²) in [4.78, 5) is 4.11. The largest absolute Gasteiger partial charge is 0.277 e. The third kappa shape index (κ3) is 2.59. The molecule has 3 rings (SSSR count). The summed E-state index contributed by atoms with van der Waals surface area (Å²) in [5.74, 6) is 0. The Hall–Kier alpha value is -2.42. The Morgan fingerprint density at radius 1 is 0.952 bits per heavy atom. The van der Waals surface area contributed by atoms with E-state index in [1.54, 1.807) is 0 Å². The van der Waals surface area contributed by atoms with Crippen LogP contribution in [0, 0.1) is 0 Å². The number of hydrogen-bond donors (Lipinski definition) is 1. The maximum atomic E-state index is 4.50. The van der Waals surface area contributed by atoms with Crippen molar-refractivity contribution < 1.29 is 0 Å². The van der Waals surface area contributed by atoms with Gasteiger partial charge in [0.25, 0.3) is 0 Å². The molecule has 1 N–H and O–H groups in total. The van der Waals surface area contributed by atoms with E-state index in [1.807, 2.05) is 24.5 Å². The minimum absolute atomic E-state index is 0.904. The van der Waals surface area contributed by atoms with Gasteiger partial charge in [-0.3, -0.25) is 10.1 Å². The van der Waals surface area contributed by atoms with Crippen LogP contribution in [0.5, 0.6) is 0 Å². The number of nitrogens with zero attached hydrogens (tertiary/aromatic N) is 2. The highest BCUT2D eigenvalue weighted by Gasteiger charge is 2.15. The van der Waals surface area contributed by atoms with E-state index < -0.39 is 0 Å². The first-order valence-corrected chi connectivity index (χ1v) is 7.40. The van der Waals surface area contributed by atoms with Gasteiger partial charge in [-0.25, -0.2) is 0 Å². The lowest BCUT2D eigenvalue weighted by Crippen LogP contribution is -1.88. The number of rotatable bonds is 4. The van der Waals surface area contributed by atoms with Crippen LogP contribution in [0.2, 0.25) is 0 Å². The van der Waals surface area contributed by atoms with E-state index in [2.05, 4.69) is 53.3 Å². The molecule has 106 valence electrons. The summed E-state index contributed by atoms with van der Waals surface area (Å²) in [7, 11) is 0. The second-order valence-electron chi connectivity index (χ2n) is 5.06. The molecule has 3 nitrogen and oxygen atoms in total. The Kier molecular flexibility index (Phi) is 3.82. The fourth-order valence-corrected chi connectivity index (χ4v) is 2.62. The Morgan fingerprint density at radius 3 is 2.48 bits per heavy atom. The molecule has 0 saturated carbocycles. The second kappa shape index (κ2) is 5.92. The highest BCUT2D eigenvalue weighted by atomic mass is 15.1. The van der Waals surface area contributed by atoms with Crippen LogP contribution in [-0.4, -0.2) is 15.2 Å². The second-order valence-corrected chi connectivity index (χ2v) is 5.06. The van der Waals surface area contributed by atoms with Gasteiger partial charge in [0, 0.05) is 23.5 Å². The van der Waals surface area contributed by atoms with Crippen molar-refractivity contribution in [1.82, 2.24) is 15.2 Å². The SMILES string of the molecule is CCc1cccc(-c2[nH]nc(CC)c2-c2ccncc2)c1. The highest BCUT2D eigenvalue weighted by Crippen LogP contribution is 2.33. The van der Waals surface area contributed by atoms with Crippen LogP contribution in [0.4, 0.5) is 0 Å². The number of aromatic amines is 1. The molecule has 0 fully saturated rings. The van der Waals surface area contributed by atoms with Gasteiger partial charge in [-0.1, -0.05) is 32.0 Å². The van der Waals surface area contributed by atoms with Gasteiger partial charge in [0.15, 0.2) is 0 Å². The molecule has 0 aliphatic rings. The molecule has 0 aliphatic heterocycles. The van der Waals surface area contributed by atoms with Crippen LogP contribution < -0.4 is 0 Å². The molecule has 1 aromatic carbocycles. The van der Waals surface area contributed by atoms with E-state index in [0.29, 0.717) is 0 Å². The van der Waals surface area contributed by atoms with Crippen molar-refractivity contribution in [3.8, 4) is 22.4 Å². The molecular weight excluding hydrogens is 258 g/mol. The number of aryl methyl sites for hydroxylation is 2. The predicted molar refractivity (Wildman–Crippen MR) is 86.0 cm³/mol. The summed E-state index contributed by atoms with van der Waals surface area (Å²) < 4.78 is 0. The number of benzene rings is 1. The summed E-state index contributed by atoms with van der Waals surface area (Å²) in [5, 5.41) is 7.72. The molecule has 2 aromatic heterocycles. The van der Waals surface area contributed by atoms with Gasteiger partial charge >= 0.3 is 0 Å². The molecule has 0 unspecified atom stereocenters. The molecular formula is C18H19N3. The number of hydrogen-bond acceptors (Lipinski definition) is 2. The average Bonchev–Trinajstić information content (AvgIpc) is 2.99. The van der Waals surface area contributed by atoms with Crippen molar-refractivity contribution in [3.63, 3.8) is 0 Å². The predicted octanol–water partition coefficient (Wildman–Crippen LogP) is 4.26. The van der Waals surface area contributed by atoms with E-state index >= 15 is 0 Å². The molecule has 2 heterocycles. The lowest BCUT2D eigenvalue weighted by Gasteiger charge is -2.07. The Labute approximate surface area is 125 Å². The standard InChI is InChI=1S/C18H19N3/c1-3-13-6-5-7-15(12-13)18-17(16(4-2)20-21-18)14-8-10-19-11-9-14/h5-12H,3-4H2,1-2H3,(H,20,21). The fourth-order valence-electron chi connectivity index (χ4n) is 2.62. The topological polar surface area (TPSA) is 41.6 Å². The van der Waals surface area contributed by atoms with Crippen LogP contribution in [0.15, 0.2) is 48.8 Å². The molecule has 3 aromatic rings. The Morgan fingerprint density at radius 2 is 1.76 bits per heavy atom. The van der Waals surface area contributed by atoms with E-state index in [0.717, 1.165) is 29.8 Å². The third-order valence-corrected chi connectivity index (χ3v) is 3.77. The van der Waals surface area contributed by atoms with Crippen molar-refractivity contribution in [1.29, 1.82) is 0 Å². The maximum Gasteiger partial charge on any atom is 0.0731 e. The minimum atomic E-state index is 0.904. The lowest BCUT2D eigenvalue weighted by atomic mass is 9.97. The molecule has 0 aliphatic carbocycles. The molecule has 0 saturated heterocycles. The number of H-pyrrole nitrogens is 1. The summed E-state index contributed by atoms with van der Waals surface area (Å²) in [6, 6.07) is 12.7. The fraction of sp³-hybridized carbons (Fsp3) is 0.222. The first-order valence-electron chi connectivity index (χ1n) is 7.40. The zero-order valence-electron chi connectivity index (χ0n) is 12.4. The van der Waals surface area contributed by atoms with E-state index in [1.165, 1.54) is 16.7 Å². The molecule has 21 heavy (non-hydrogen) atoms. The normalized spacial score (nSPS) is 10.8. The molecule has 0 radical (unpaired) electrons. The first-order chi connectivity index (χ1) is 10.3. The van der Waals surface area contributed by atoms with Crippen LogP contribution in [0.3, 0.4) is 0 Å². The lowest BCUT2D eigenvalue weighted by molar-refractivity contribution is 0.977. The van der Waals surface area contributed by atoms with Crippen molar-refractivity contribution in [2.45, 2.75) is 26.7 Å². The smallest absolute Gasteiger partial charge is 0.0731 e. The molecule has 0 spiro atoms. The first kappa shape index (κ1) is 13.6. The van der Waals surface area contributed by atoms with Gasteiger partial charge in [0.1, 0.15) is 0 Å². The molecule has 0 amide bonds.